The van der Waals surface area contributed by atoms with E-state index in [9.17, 15) is 0 Å². The first kappa shape index (κ1) is 15.4. The van der Waals surface area contributed by atoms with Crippen molar-refractivity contribution in [2.24, 2.45) is 5.73 Å². The maximum atomic E-state index is 6.14. The maximum absolute atomic E-state index is 6.14. The van der Waals surface area contributed by atoms with Gasteiger partial charge in [-0.25, -0.2) is 0 Å². The lowest BCUT2D eigenvalue weighted by atomic mass is 10.2. The van der Waals surface area contributed by atoms with Crippen LogP contribution in [-0.4, -0.2) is 46.8 Å². The maximum Gasteiger partial charge on any atom is 0.261 e. The molecule has 0 radical (unpaired) electrons. The van der Waals surface area contributed by atoms with E-state index in [1.165, 1.54) is 0 Å². The normalized spacial score (nSPS) is 12.6. The van der Waals surface area contributed by atoms with Gasteiger partial charge < -0.3 is 19.9 Å². The van der Waals surface area contributed by atoms with Crippen molar-refractivity contribution in [1.29, 1.82) is 0 Å². The standard InChI is InChI=1S/C14H21N5O2/c1-4-19(5-2)9-11(15)13-17-14(21-18-13)10-6-7-16-8-12(10)20-3/h6-8,11H,4-5,9,15H2,1-3H3. The Morgan fingerprint density at radius 3 is 2.81 bits per heavy atom. The molecule has 0 aliphatic carbocycles. The van der Waals surface area contributed by atoms with E-state index in [0.717, 1.165) is 13.1 Å². The van der Waals surface area contributed by atoms with Crippen molar-refractivity contribution in [1.82, 2.24) is 20.0 Å². The van der Waals surface area contributed by atoms with E-state index in [4.69, 9.17) is 15.0 Å². The molecule has 0 amide bonds. The SMILES string of the molecule is CCN(CC)CC(N)c1noc(-c2ccncc2OC)n1. The largest absolute Gasteiger partial charge is 0.494 e. The Morgan fingerprint density at radius 1 is 1.38 bits per heavy atom. The van der Waals surface area contributed by atoms with Crippen molar-refractivity contribution in [3.8, 4) is 17.2 Å². The summed E-state index contributed by atoms with van der Waals surface area (Å²) < 4.78 is 10.5. The number of nitrogens with two attached hydrogens (primary N) is 1. The van der Waals surface area contributed by atoms with E-state index in [1.54, 1.807) is 25.6 Å². The first-order chi connectivity index (χ1) is 10.2. The van der Waals surface area contributed by atoms with E-state index in [2.05, 4.69) is 33.9 Å². The fourth-order valence-electron chi connectivity index (χ4n) is 2.06. The molecule has 1 atom stereocenters. The summed E-state index contributed by atoms with van der Waals surface area (Å²) in [5.74, 6) is 1.47. The van der Waals surface area contributed by atoms with Gasteiger partial charge in [-0.1, -0.05) is 19.0 Å². The fraction of sp³-hybridized carbons (Fsp3) is 0.500. The lowest BCUT2D eigenvalue weighted by molar-refractivity contribution is 0.278. The molecule has 2 N–H and O–H groups in total. The van der Waals surface area contributed by atoms with Crippen molar-refractivity contribution < 1.29 is 9.26 Å². The van der Waals surface area contributed by atoms with Gasteiger partial charge in [-0.2, -0.15) is 4.98 Å². The Bertz CT molecular complexity index is 568. The van der Waals surface area contributed by atoms with Crippen LogP contribution in [0.4, 0.5) is 0 Å². The third-order valence-corrected chi connectivity index (χ3v) is 3.36. The summed E-state index contributed by atoms with van der Waals surface area (Å²) in [4.78, 5) is 10.6. The van der Waals surface area contributed by atoms with Crippen LogP contribution in [0.15, 0.2) is 23.0 Å². The van der Waals surface area contributed by atoms with Gasteiger partial charge in [0.1, 0.15) is 5.75 Å². The highest BCUT2D eigenvalue weighted by Gasteiger charge is 2.19. The summed E-state index contributed by atoms with van der Waals surface area (Å²) in [5, 5.41) is 3.98. The summed E-state index contributed by atoms with van der Waals surface area (Å²) in [5.41, 5.74) is 6.85. The van der Waals surface area contributed by atoms with Crippen LogP contribution in [0.2, 0.25) is 0 Å². The number of pyridine rings is 1. The molecule has 0 aromatic carbocycles. The minimum Gasteiger partial charge on any atom is -0.494 e. The van der Waals surface area contributed by atoms with Gasteiger partial charge in [0.05, 0.1) is 24.9 Å². The number of nitrogens with zero attached hydrogens (tertiary/aromatic N) is 4. The van der Waals surface area contributed by atoms with E-state index in [-0.39, 0.29) is 6.04 Å². The molecule has 114 valence electrons. The Kier molecular flexibility index (Phi) is 5.24. The lowest BCUT2D eigenvalue weighted by Gasteiger charge is -2.20. The van der Waals surface area contributed by atoms with Gasteiger partial charge in [-0.3, -0.25) is 4.98 Å². The molecule has 1 unspecified atom stereocenters. The van der Waals surface area contributed by atoms with Crippen LogP contribution in [0.25, 0.3) is 11.5 Å². The van der Waals surface area contributed by atoms with Gasteiger partial charge in [0.2, 0.25) is 0 Å². The molecule has 2 heterocycles. The highest BCUT2D eigenvalue weighted by atomic mass is 16.5. The number of ether oxygens (including phenoxy) is 1. The van der Waals surface area contributed by atoms with Crippen molar-refractivity contribution in [3.63, 3.8) is 0 Å². The highest BCUT2D eigenvalue weighted by Crippen LogP contribution is 2.27. The molecular formula is C14H21N5O2. The first-order valence-electron chi connectivity index (χ1n) is 6.99. The second-order valence-corrected chi connectivity index (χ2v) is 4.63. The number of hydrogen-bond acceptors (Lipinski definition) is 7. The molecule has 7 heteroatoms. The van der Waals surface area contributed by atoms with Crippen LogP contribution in [-0.2, 0) is 0 Å². The number of aromatic nitrogens is 3. The topological polar surface area (TPSA) is 90.3 Å². The fourth-order valence-corrected chi connectivity index (χ4v) is 2.06. The summed E-state index contributed by atoms with van der Waals surface area (Å²) in [6.45, 7) is 6.76. The molecule has 0 saturated carbocycles. The molecule has 0 fully saturated rings. The molecule has 0 spiro atoms. The van der Waals surface area contributed by atoms with Crippen molar-refractivity contribution in [2.45, 2.75) is 19.9 Å². The number of hydrogen-bond donors (Lipinski definition) is 1. The van der Waals surface area contributed by atoms with E-state index >= 15 is 0 Å². The molecule has 2 aromatic rings. The van der Waals surface area contributed by atoms with Crippen molar-refractivity contribution in [3.05, 3.63) is 24.3 Å². The van der Waals surface area contributed by atoms with Crippen LogP contribution in [0, 0.1) is 0 Å². The highest BCUT2D eigenvalue weighted by molar-refractivity contribution is 5.61. The van der Waals surface area contributed by atoms with E-state index < -0.39 is 0 Å². The smallest absolute Gasteiger partial charge is 0.261 e. The second-order valence-electron chi connectivity index (χ2n) is 4.63. The molecule has 0 aliphatic rings. The quantitative estimate of drug-likeness (QED) is 0.826. The summed E-state index contributed by atoms with van der Waals surface area (Å²) in [6.07, 6.45) is 3.26. The Hall–Kier alpha value is -1.99. The van der Waals surface area contributed by atoms with Crippen LogP contribution < -0.4 is 10.5 Å². The Labute approximate surface area is 124 Å². The Balaban J connectivity index is 2.17. The minimum atomic E-state index is -0.282. The molecule has 7 nitrogen and oxygen atoms in total. The average molecular weight is 291 g/mol. The van der Waals surface area contributed by atoms with Crippen LogP contribution >= 0.6 is 0 Å². The van der Waals surface area contributed by atoms with Crippen LogP contribution in [0.5, 0.6) is 5.75 Å². The number of likely N-dealkylation sites (N-methyl/N-ethyl adjacent to an activating group) is 1. The van der Waals surface area contributed by atoms with Crippen LogP contribution in [0.1, 0.15) is 25.7 Å². The zero-order valence-corrected chi connectivity index (χ0v) is 12.6. The molecule has 2 rings (SSSR count). The minimum absolute atomic E-state index is 0.282. The average Bonchev–Trinajstić information content (AvgIpc) is 3.02. The summed E-state index contributed by atoms with van der Waals surface area (Å²) >= 11 is 0. The van der Waals surface area contributed by atoms with Gasteiger partial charge >= 0.3 is 0 Å². The van der Waals surface area contributed by atoms with Crippen molar-refractivity contribution >= 4 is 0 Å². The molecule has 0 aliphatic heterocycles. The van der Waals surface area contributed by atoms with Gasteiger partial charge in [0.25, 0.3) is 5.89 Å². The molecule has 0 bridgehead atoms. The van der Waals surface area contributed by atoms with Gasteiger partial charge in [0, 0.05) is 12.7 Å². The van der Waals surface area contributed by atoms with Crippen molar-refractivity contribution in [2.75, 3.05) is 26.7 Å². The predicted molar refractivity (Wildman–Crippen MR) is 78.8 cm³/mol. The summed E-state index contributed by atoms with van der Waals surface area (Å²) in [6, 6.07) is 1.49. The van der Waals surface area contributed by atoms with E-state index in [0.29, 0.717) is 29.6 Å². The molecule has 0 saturated heterocycles. The molecular weight excluding hydrogens is 270 g/mol. The monoisotopic (exact) mass is 291 g/mol. The van der Waals surface area contributed by atoms with Gasteiger partial charge in [-0.05, 0) is 19.2 Å². The molecule has 21 heavy (non-hydrogen) atoms. The third-order valence-electron chi connectivity index (χ3n) is 3.36. The third kappa shape index (κ3) is 3.56. The number of methoxy groups -OCH3 is 1. The zero-order chi connectivity index (χ0) is 15.2. The predicted octanol–water partition coefficient (Wildman–Crippen LogP) is 1.48. The lowest BCUT2D eigenvalue weighted by Crippen LogP contribution is -2.32. The van der Waals surface area contributed by atoms with E-state index in [1.807, 2.05) is 0 Å². The number of rotatable bonds is 7. The summed E-state index contributed by atoms with van der Waals surface area (Å²) in [7, 11) is 1.57. The van der Waals surface area contributed by atoms with Gasteiger partial charge in [0.15, 0.2) is 5.82 Å². The zero-order valence-electron chi connectivity index (χ0n) is 12.6. The second kappa shape index (κ2) is 7.14. The van der Waals surface area contributed by atoms with Gasteiger partial charge in [-0.15, -0.1) is 0 Å². The van der Waals surface area contributed by atoms with Crippen LogP contribution in [0.3, 0.4) is 0 Å². The molecule has 2 aromatic heterocycles. The first-order valence-corrected chi connectivity index (χ1v) is 6.99. The Morgan fingerprint density at radius 2 is 2.14 bits per heavy atom.